The first kappa shape index (κ1) is 14.7. The van der Waals surface area contributed by atoms with Crippen LogP contribution in [0.2, 0.25) is 0 Å². The van der Waals surface area contributed by atoms with E-state index in [1.165, 1.54) is 17.8 Å². The van der Waals surface area contributed by atoms with E-state index in [1.54, 1.807) is 11.3 Å². The Morgan fingerprint density at radius 2 is 2.00 bits per heavy atom. The van der Waals surface area contributed by atoms with Gasteiger partial charge in [-0.05, 0) is 25.2 Å². The zero-order valence-corrected chi connectivity index (χ0v) is 12.7. The van der Waals surface area contributed by atoms with Crippen molar-refractivity contribution in [1.29, 1.82) is 0 Å². The fourth-order valence-corrected chi connectivity index (χ4v) is 2.98. The summed E-state index contributed by atoms with van der Waals surface area (Å²) in [5, 5.41) is 7.03. The molecule has 0 amide bonds. The van der Waals surface area contributed by atoms with Gasteiger partial charge in [-0.25, -0.2) is 4.98 Å². The number of nitrogens with zero attached hydrogens (tertiary/aromatic N) is 1. The Morgan fingerprint density at radius 3 is 2.41 bits per heavy atom. The highest BCUT2D eigenvalue weighted by molar-refractivity contribution is 7.09. The fourth-order valence-electron chi connectivity index (χ4n) is 2.04. The second kappa shape index (κ2) is 6.50. The molecule has 0 saturated heterocycles. The van der Waals surface area contributed by atoms with Crippen molar-refractivity contribution in [3.63, 3.8) is 0 Å². The largest absolute Gasteiger partial charge is 0.314 e. The molecule has 0 fully saturated rings. The summed E-state index contributed by atoms with van der Waals surface area (Å²) in [4.78, 5) is 4.61. The monoisotopic (exact) mass is 254 g/mol. The first-order chi connectivity index (χ1) is 8.01. The van der Waals surface area contributed by atoms with Crippen LogP contribution >= 0.6 is 11.3 Å². The maximum atomic E-state index is 4.61. The Balaban J connectivity index is 2.69. The summed E-state index contributed by atoms with van der Waals surface area (Å²) in [6.45, 7) is 12.2. The fraction of sp³-hybridized carbons (Fsp3) is 0.786. The number of hydrogen-bond donors (Lipinski definition) is 1. The summed E-state index contributed by atoms with van der Waals surface area (Å²) >= 11 is 1.80. The second-order valence-corrected chi connectivity index (χ2v) is 6.24. The first-order valence-electron chi connectivity index (χ1n) is 6.65. The van der Waals surface area contributed by atoms with E-state index in [9.17, 15) is 0 Å². The maximum Gasteiger partial charge on any atom is 0.0934 e. The number of nitrogens with one attached hydrogen (secondary N) is 1. The van der Waals surface area contributed by atoms with Crippen LogP contribution in [-0.4, -0.2) is 17.6 Å². The second-order valence-electron chi connectivity index (χ2n) is 5.30. The normalized spacial score (nSPS) is 12.4. The van der Waals surface area contributed by atoms with E-state index in [0.29, 0.717) is 11.5 Å². The van der Waals surface area contributed by atoms with Crippen molar-refractivity contribution < 1.29 is 0 Å². The van der Waals surface area contributed by atoms with E-state index in [4.69, 9.17) is 0 Å². The molecule has 0 aliphatic rings. The van der Waals surface area contributed by atoms with Crippen LogP contribution in [0.5, 0.6) is 0 Å². The van der Waals surface area contributed by atoms with Crippen molar-refractivity contribution >= 4 is 11.3 Å². The maximum absolute atomic E-state index is 4.61. The van der Waals surface area contributed by atoms with E-state index < -0.39 is 0 Å². The Kier molecular flexibility index (Phi) is 5.60. The van der Waals surface area contributed by atoms with Crippen molar-refractivity contribution in [2.45, 2.75) is 59.9 Å². The van der Waals surface area contributed by atoms with Gasteiger partial charge in [0.05, 0.1) is 5.01 Å². The minimum atomic E-state index is 0.370. The van der Waals surface area contributed by atoms with E-state index in [-0.39, 0.29) is 0 Å². The van der Waals surface area contributed by atoms with E-state index in [2.05, 4.69) is 50.3 Å². The summed E-state index contributed by atoms with van der Waals surface area (Å²) in [6.07, 6.45) is 3.53. The minimum Gasteiger partial charge on any atom is -0.314 e. The van der Waals surface area contributed by atoms with Gasteiger partial charge in [-0.15, -0.1) is 11.3 Å². The first-order valence-corrected chi connectivity index (χ1v) is 7.53. The van der Waals surface area contributed by atoms with Gasteiger partial charge in [-0.1, -0.05) is 27.7 Å². The summed E-state index contributed by atoms with van der Waals surface area (Å²) in [6, 6.07) is 0.561. The van der Waals surface area contributed by atoms with E-state index in [0.717, 1.165) is 18.7 Å². The van der Waals surface area contributed by atoms with Gasteiger partial charge in [0.25, 0.3) is 0 Å². The molecule has 1 N–H and O–H groups in total. The molecule has 0 spiro atoms. The van der Waals surface area contributed by atoms with Crippen LogP contribution in [0.3, 0.4) is 0 Å². The predicted molar refractivity (Wildman–Crippen MR) is 76.7 cm³/mol. The number of aryl methyl sites for hydroxylation is 1. The molecule has 98 valence electrons. The highest BCUT2D eigenvalue weighted by Gasteiger charge is 2.27. The quantitative estimate of drug-likeness (QED) is 0.800. The molecular formula is C14H26N2S. The Morgan fingerprint density at radius 1 is 1.35 bits per heavy atom. The van der Waals surface area contributed by atoms with Gasteiger partial charge < -0.3 is 5.32 Å². The third kappa shape index (κ3) is 4.40. The number of rotatable bonds is 7. The molecule has 0 radical (unpaired) electrons. The Bertz CT molecular complexity index is 327. The van der Waals surface area contributed by atoms with Crippen LogP contribution in [0.25, 0.3) is 0 Å². The number of thiazole rings is 1. The SMILES string of the molecule is CCC(CC)(CNC(C)C)Cc1nc(C)cs1. The minimum absolute atomic E-state index is 0.370. The molecule has 0 atom stereocenters. The molecule has 2 nitrogen and oxygen atoms in total. The number of hydrogen-bond acceptors (Lipinski definition) is 3. The third-order valence-corrected chi connectivity index (χ3v) is 4.54. The van der Waals surface area contributed by atoms with Crippen LogP contribution in [0.1, 0.15) is 51.2 Å². The van der Waals surface area contributed by atoms with Gasteiger partial charge in [0.15, 0.2) is 0 Å². The number of aromatic nitrogens is 1. The Hall–Kier alpha value is -0.410. The molecule has 1 rings (SSSR count). The standard InChI is InChI=1S/C14H26N2S/c1-6-14(7-2,10-15-11(3)4)8-13-16-12(5)9-17-13/h9,11,15H,6-8,10H2,1-5H3. The molecule has 3 heteroatoms. The lowest BCUT2D eigenvalue weighted by molar-refractivity contribution is 0.239. The van der Waals surface area contributed by atoms with Gasteiger partial charge in [0, 0.05) is 30.1 Å². The van der Waals surface area contributed by atoms with Gasteiger partial charge in [-0.2, -0.15) is 0 Å². The predicted octanol–water partition coefficient (Wildman–Crippen LogP) is 3.80. The zero-order chi connectivity index (χ0) is 12.9. The molecule has 0 unspecified atom stereocenters. The molecule has 0 saturated carbocycles. The van der Waals surface area contributed by atoms with Gasteiger partial charge in [0.2, 0.25) is 0 Å². The van der Waals surface area contributed by atoms with Crippen molar-refractivity contribution in [1.82, 2.24) is 10.3 Å². The van der Waals surface area contributed by atoms with Gasteiger partial charge >= 0.3 is 0 Å². The van der Waals surface area contributed by atoms with Crippen LogP contribution in [0.15, 0.2) is 5.38 Å². The van der Waals surface area contributed by atoms with Crippen molar-refractivity contribution in [3.8, 4) is 0 Å². The highest BCUT2D eigenvalue weighted by Crippen LogP contribution is 2.31. The molecular weight excluding hydrogens is 228 g/mol. The summed E-state index contributed by atoms with van der Waals surface area (Å²) in [7, 11) is 0. The molecule has 1 aromatic rings. The van der Waals surface area contributed by atoms with Gasteiger partial charge in [0.1, 0.15) is 0 Å². The van der Waals surface area contributed by atoms with E-state index in [1.807, 2.05) is 0 Å². The molecule has 0 aliphatic carbocycles. The van der Waals surface area contributed by atoms with Crippen molar-refractivity contribution in [3.05, 3.63) is 16.1 Å². The lowest BCUT2D eigenvalue weighted by atomic mass is 9.79. The zero-order valence-electron chi connectivity index (χ0n) is 11.8. The lowest BCUT2D eigenvalue weighted by Crippen LogP contribution is -2.38. The van der Waals surface area contributed by atoms with Crippen LogP contribution in [-0.2, 0) is 6.42 Å². The van der Waals surface area contributed by atoms with Crippen molar-refractivity contribution in [2.75, 3.05) is 6.54 Å². The average molecular weight is 254 g/mol. The third-order valence-electron chi connectivity index (χ3n) is 3.58. The molecule has 1 heterocycles. The van der Waals surface area contributed by atoms with Crippen molar-refractivity contribution in [2.24, 2.45) is 5.41 Å². The molecule has 0 bridgehead atoms. The molecule has 1 aromatic heterocycles. The van der Waals surface area contributed by atoms with Gasteiger partial charge in [-0.3, -0.25) is 0 Å². The lowest BCUT2D eigenvalue weighted by Gasteiger charge is -2.32. The average Bonchev–Trinajstić information content (AvgIpc) is 2.70. The summed E-state index contributed by atoms with van der Waals surface area (Å²) in [5.74, 6) is 0. The molecule has 0 aromatic carbocycles. The van der Waals surface area contributed by atoms with Crippen LogP contribution in [0, 0.1) is 12.3 Å². The summed E-state index contributed by atoms with van der Waals surface area (Å²) < 4.78 is 0. The smallest absolute Gasteiger partial charge is 0.0934 e. The topological polar surface area (TPSA) is 24.9 Å². The van der Waals surface area contributed by atoms with E-state index >= 15 is 0 Å². The molecule has 17 heavy (non-hydrogen) atoms. The Labute approximate surface area is 110 Å². The molecule has 0 aliphatic heterocycles. The highest BCUT2D eigenvalue weighted by atomic mass is 32.1. The van der Waals surface area contributed by atoms with Crippen LogP contribution < -0.4 is 5.32 Å². The summed E-state index contributed by atoms with van der Waals surface area (Å²) in [5.41, 5.74) is 1.53. The van der Waals surface area contributed by atoms with Crippen LogP contribution in [0.4, 0.5) is 0 Å².